The molecule has 0 fully saturated rings. The molecule has 0 aromatic carbocycles. The molecular formula is C10H16N2O3S2. The van der Waals surface area contributed by atoms with E-state index >= 15 is 0 Å². The fourth-order valence-electron chi connectivity index (χ4n) is 1.23. The molecule has 0 unspecified atom stereocenters. The fourth-order valence-corrected chi connectivity index (χ4v) is 2.58. The SMILES string of the molecule is COCc1nc(N(C)CCSC)sc1C(=O)O. The second-order valence-electron chi connectivity index (χ2n) is 3.42. The lowest BCUT2D eigenvalue weighted by atomic mass is 10.4. The van der Waals surface area contributed by atoms with Crippen molar-refractivity contribution < 1.29 is 14.6 Å². The van der Waals surface area contributed by atoms with Gasteiger partial charge in [0, 0.05) is 26.5 Å². The van der Waals surface area contributed by atoms with E-state index in [4.69, 9.17) is 9.84 Å². The first-order valence-electron chi connectivity index (χ1n) is 5.02. The average Bonchev–Trinajstić information content (AvgIpc) is 2.70. The highest BCUT2D eigenvalue weighted by molar-refractivity contribution is 7.98. The standard InChI is InChI=1S/C10H16N2O3S2/c1-12(4-5-16-3)10-11-7(6-15-2)8(17-10)9(13)14/h4-6H2,1-3H3,(H,13,14). The Hall–Kier alpha value is -0.790. The van der Waals surface area contributed by atoms with Gasteiger partial charge in [0.15, 0.2) is 5.13 Å². The number of rotatable bonds is 7. The minimum atomic E-state index is -0.945. The number of hydrogen-bond acceptors (Lipinski definition) is 6. The normalized spacial score (nSPS) is 10.5. The van der Waals surface area contributed by atoms with Crippen LogP contribution in [0.5, 0.6) is 0 Å². The van der Waals surface area contributed by atoms with Crippen LogP contribution in [0.25, 0.3) is 0 Å². The van der Waals surface area contributed by atoms with Crippen LogP contribution < -0.4 is 4.90 Å². The Morgan fingerprint density at radius 1 is 1.65 bits per heavy atom. The van der Waals surface area contributed by atoms with E-state index in [0.29, 0.717) is 5.69 Å². The third-order valence-electron chi connectivity index (χ3n) is 2.12. The highest BCUT2D eigenvalue weighted by Gasteiger charge is 2.18. The van der Waals surface area contributed by atoms with Crippen molar-refractivity contribution in [1.82, 2.24) is 4.98 Å². The van der Waals surface area contributed by atoms with E-state index in [9.17, 15) is 4.79 Å². The molecule has 96 valence electrons. The second kappa shape index (κ2) is 6.83. The van der Waals surface area contributed by atoms with E-state index in [0.717, 1.165) is 17.4 Å². The number of aromatic carboxylic acids is 1. The average molecular weight is 276 g/mol. The van der Waals surface area contributed by atoms with Gasteiger partial charge in [-0.15, -0.1) is 0 Å². The molecule has 1 heterocycles. The number of nitrogens with zero attached hydrogens (tertiary/aromatic N) is 2. The Morgan fingerprint density at radius 2 is 2.35 bits per heavy atom. The number of ether oxygens (including phenoxy) is 1. The van der Waals surface area contributed by atoms with Crippen molar-refractivity contribution in [3.05, 3.63) is 10.6 Å². The number of carboxylic acids is 1. The maximum Gasteiger partial charge on any atom is 0.347 e. The third kappa shape index (κ3) is 3.86. The van der Waals surface area contributed by atoms with E-state index in [1.54, 1.807) is 11.8 Å². The summed E-state index contributed by atoms with van der Waals surface area (Å²) in [6.45, 7) is 1.08. The number of methoxy groups -OCH3 is 1. The van der Waals surface area contributed by atoms with Gasteiger partial charge in [0.05, 0.1) is 12.3 Å². The third-order valence-corrected chi connectivity index (χ3v) is 3.91. The summed E-state index contributed by atoms with van der Waals surface area (Å²) in [6.07, 6.45) is 2.04. The van der Waals surface area contributed by atoms with Crippen molar-refractivity contribution in [2.75, 3.05) is 37.6 Å². The molecule has 1 aromatic rings. The van der Waals surface area contributed by atoms with Crippen LogP contribution in [0.4, 0.5) is 5.13 Å². The number of thiazole rings is 1. The predicted octanol–water partition coefficient (Wildman–Crippen LogP) is 1.79. The Bertz CT molecular complexity index is 382. The lowest BCUT2D eigenvalue weighted by Gasteiger charge is -2.14. The van der Waals surface area contributed by atoms with Gasteiger partial charge in [0.2, 0.25) is 0 Å². The highest BCUT2D eigenvalue weighted by Crippen LogP contribution is 2.26. The molecule has 0 aliphatic rings. The zero-order valence-electron chi connectivity index (χ0n) is 10.1. The van der Waals surface area contributed by atoms with Gasteiger partial charge in [-0.25, -0.2) is 9.78 Å². The second-order valence-corrected chi connectivity index (χ2v) is 5.39. The van der Waals surface area contributed by atoms with Crippen LogP contribution in [0.2, 0.25) is 0 Å². The molecule has 17 heavy (non-hydrogen) atoms. The molecule has 0 aliphatic carbocycles. The molecule has 0 saturated carbocycles. The zero-order valence-corrected chi connectivity index (χ0v) is 11.7. The maximum absolute atomic E-state index is 11.0. The van der Waals surface area contributed by atoms with Crippen LogP contribution in [0, 0.1) is 0 Å². The molecule has 7 heteroatoms. The van der Waals surface area contributed by atoms with Gasteiger partial charge >= 0.3 is 5.97 Å². The Balaban J connectivity index is 2.86. The van der Waals surface area contributed by atoms with Gasteiger partial charge in [0.1, 0.15) is 4.88 Å². The van der Waals surface area contributed by atoms with Crippen molar-refractivity contribution in [2.24, 2.45) is 0 Å². The van der Waals surface area contributed by atoms with Crippen LogP contribution in [0.3, 0.4) is 0 Å². The summed E-state index contributed by atoms with van der Waals surface area (Å²) in [6, 6.07) is 0. The molecule has 5 nitrogen and oxygen atoms in total. The van der Waals surface area contributed by atoms with E-state index in [-0.39, 0.29) is 11.5 Å². The minimum absolute atomic E-state index is 0.231. The summed E-state index contributed by atoms with van der Waals surface area (Å²) in [7, 11) is 3.44. The van der Waals surface area contributed by atoms with Gasteiger partial charge in [-0.2, -0.15) is 11.8 Å². The fraction of sp³-hybridized carbons (Fsp3) is 0.600. The van der Waals surface area contributed by atoms with E-state index in [1.165, 1.54) is 18.4 Å². The lowest BCUT2D eigenvalue weighted by Crippen LogP contribution is -2.19. The first-order chi connectivity index (χ1) is 8.10. The molecule has 0 atom stereocenters. The zero-order chi connectivity index (χ0) is 12.8. The molecule has 0 aliphatic heterocycles. The van der Waals surface area contributed by atoms with Crippen molar-refractivity contribution in [3.63, 3.8) is 0 Å². The molecule has 0 radical (unpaired) electrons. The van der Waals surface area contributed by atoms with Gasteiger partial charge in [-0.05, 0) is 6.26 Å². The van der Waals surface area contributed by atoms with Gasteiger partial charge in [-0.3, -0.25) is 0 Å². The predicted molar refractivity (Wildman–Crippen MR) is 71.4 cm³/mol. The lowest BCUT2D eigenvalue weighted by molar-refractivity contribution is 0.0697. The summed E-state index contributed by atoms with van der Waals surface area (Å²) in [5, 5.41) is 9.78. The Labute approximate surface area is 109 Å². The van der Waals surface area contributed by atoms with Crippen LogP contribution in [-0.4, -0.2) is 48.8 Å². The van der Waals surface area contributed by atoms with Crippen molar-refractivity contribution in [2.45, 2.75) is 6.61 Å². The Morgan fingerprint density at radius 3 is 2.88 bits per heavy atom. The van der Waals surface area contributed by atoms with Crippen LogP contribution in [-0.2, 0) is 11.3 Å². The van der Waals surface area contributed by atoms with E-state index in [1.807, 2.05) is 18.2 Å². The highest BCUT2D eigenvalue weighted by atomic mass is 32.2. The summed E-state index contributed by atoms with van der Waals surface area (Å²) in [4.78, 5) is 17.6. The van der Waals surface area contributed by atoms with Gasteiger partial charge in [0.25, 0.3) is 0 Å². The van der Waals surface area contributed by atoms with E-state index in [2.05, 4.69) is 4.98 Å². The minimum Gasteiger partial charge on any atom is -0.477 e. The number of anilines is 1. The monoisotopic (exact) mass is 276 g/mol. The molecular weight excluding hydrogens is 260 g/mol. The molecule has 1 rings (SSSR count). The van der Waals surface area contributed by atoms with Crippen LogP contribution in [0.15, 0.2) is 0 Å². The molecule has 1 aromatic heterocycles. The largest absolute Gasteiger partial charge is 0.477 e. The molecule has 0 amide bonds. The number of carboxylic acid groups (broad SMARTS) is 1. The van der Waals surface area contributed by atoms with Crippen LogP contribution in [0.1, 0.15) is 15.4 Å². The maximum atomic E-state index is 11.0. The quantitative estimate of drug-likeness (QED) is 0.819. The van der Waals surface area contributed by atoms with Crippen molar-refractivity contribution >= 4 is 34.2 Å². The van der Waals surface area contributed by atoms with Gasteiger partial charge in [-0.1, -0.05) is 11.3 Å². The molecule has 1 N–H and O–H groups in total. The molecule has 0 spiro atoms. The number of thioether (sulfide) groups is 1. The number of carbonyl (C=O) groups is 1. The molecule has 0 saturated heterocycles. The topological polar surface area (TPSA) is 62.7 Å². The first kappa shape index (κ1) is 14.3. The smallest absolute Gasteiger partial charge is 0.347 e. The Kier molecular flexibility index (Phi) is 5.73. The first-order valence-corrected chi connectivity index (χ1v) is 7.23. The van der Waals surface area contributed by atoms with Crippen molar-refractivity contribution in [3.8, 4) is 0 Å². The summed E-state index contributed by atoms with van der Waals surface area (Å²) >= 11 is 2.94. The number of aromatic nitrogens is 1. The summed E-state index contributed by atoms with van der Waals surface area (Å²) < 4.78 is 4.95. The number of hydrogen-bond donors (Lipinski definition) is 1. The summed E-state index contributed by atoms with van der Waals surface area (Å²) in [5.74, 6) is 0.0389. The molecule has 0 bridgehead atoms. The van der Waals surface area contributed by atoms with E-state index < -0.39 is 5.97 Å². The summed E-state index contributed by atoms with van der Waals surface area (Å²) in [5.41, 5.74) is 0.496. The van der Waals surface area contributed by atoms with Gasteiger partial charge < -0.3 is 14.7 Å². The van der Waals surface area contributed by atoms with Crippen molar-refractivity contribution in [1.29, 1.82) is 0 Å². The van der Waals surface area contributed by atoms with Crippen LogP contribution >= 0.6 is 23.1 Å².